The quantitative estimate of drug-likeness (QED) is 0.938. The number of aryl methyl sites for hydroxylation is 1. The lowest BCUT2D eigenvalue weighted by molar-refractivity contribution is -0.123. The van der Waals surface area contributed by atoms with Gasteiger partial charge in [0.05, 0.1) is 6.04 Å². The van der Waals surface area contributed by atoms with Crippen LogP contribution in [0.1, 0.15) is 40.9 Å². The molecule has 0 radical (unpaired) electrons. The molecule has 1 saturated heterocycles. The van der Waals surface area contributed by atoms with Gasteiger partial charge >= 0.3 is 0 Å². The molecule has 1 aliphatic heterocycles. The van der Waals surface area contributed by atoms with E-state index in [2.05, 4.69) is 28.7 Å². The zero-order valence-corrected chi connectivity index (χ0v) is 13.9. The second-order valence-electron chi connectivity index (χ2n) is 6.40. The number of rotatable bonds is 4. The van der Waals surface area contributed by atoms with Gasteiger partial charge < -0.3 is 10.1 Å². The number of hydrogen-bond acceptors (Lipinski definition) is 4. The minimum absolute atomic E-state index is 0.0531. The summed E-state index contributed by atoms with van der Waals surface area (Å²) in [7, 11) is 0. The summed E-state index contributed by atoms with van der Waals surface area (Å²) in [5.41, 5.74) is 2.35. The van der Waals surface area contributed by atoms with Crippen LogP contribution in [0.15, 0.2) is 36.0 Å². The lowest BCUT2D eigenvalue weighted by Crippen LogP contribution is -2.38. The molecule has 1 amide bonds. The number of nitrogens with zero attached hydrogens (tertiary/aromatic N) is 1. The second-order valence-corrected chi connectivity index (χ2v) is 7.35. The van der Waals surface area contributed by atoms with Gasteiger partial charge in [0.15, 0.2) is 0 Å². The number of carbonyl (C=O) groups excluding carboxylic acids is 1. The van der Waals surface area contributed by atoms with E-state index >= 15 is 0 Å². The SMILES string of the molecule is Cc1ccsc1[C@H]1C[C@H]1C(=O)N[C@H]1CCO[C@@H]1c1cccnc1. The van der Waals surface area contributed by atoms with Crippen molar-refractivity contribution in [3.63, 3.8) is 0 Å². The first-order valence-corrected chi connectivity index (χ1v) is 8.98. The Morgan fingerprint density at radius 3 is 3.09 bits per heavy atom. The fourth-order valence-corrected chi connectivity index (χ4v) is 4.55. The summed E-state index contributed by atoms with van der Waals surface area (Å²) < 4.78 is 5.82. The average molecular weight is 328 g/mol. The molecule has 3 heterocycles. The fraction of sp³-hybridized carbons (Fsp3) is 0.444. The van der Waals surface area contributed by atoms with Gasteiger partial charge in [-0.2, -0.15) is 0 Å². The van der Waals surface area contributed by atoms with Gasteiger partial charge in [0, 0.05) is 41.3 Å². The van der Waals surface area contributed by atoms with Gasteiger partial charge in [0.1, 0.15) is 6.10 Å². The molecule has 4 nitrogen and oxygen atoms in total. The van der Waals surface area contributed by atoms with Gasteiger partial charge in [-0.3, -0.25) is 9.78 Å². The molecule has 1 aliphatic carbocycles. The molecule has 2 aliphatic rings. The van der Waals surface area contributed by atoms with E-state index in [1.807, 2.05) is 18.3 Å². The summed E-state index contributed by atoms with van der Waals surface area (Å²) in [6, 6.07) is 6.11. The molecule has 1 N–H and O–H groups in total. The van der Waals surface area contributed by atoms with Gasteiger partial charge in [-0.25, -0.2) is 0 Å². The minimum Gasteiger partial charge on any atom is -0.371 e. The van der Waals surface area contributed by atoms with Gasteiger partial charge in [-0.05, 0) is 42.8 Å². The molecule has 1 saturated carbocycles. The first kappa shape index (κ1) is 14.8. The van der Waals surface area contributed by atoms with Gasteiger partial charge in [0.25, 0.3) is 0 Å². The Kier molecular flexibility index (Phi) is 3.91. The van der Waals surface area contributed by atoms with Crippen molar-refractivity contribution >= 4 is 17.2 Å². The summed E-state index contributed by atoms with van der Waals surface area (Å²) in [6.45, 7) is 2.81. The predicted octanol–water partition coefficient (Wildman–Crippen LogP) is 3.20. The molecule has 4 atom stereocenters. The molecule has 0 bridgehead atoms. The molecule has 5 heteroatoms. The Hall–Kier alpha value is -1.72. The summed E-state index contributed by atoms with van der Waals surface area (Å²) >= 11 is 1.77. The van der Waals surface area contributed by atoms with Crippen molar-refractivity contribution in [2.24, 2.45) is 5.92 Å². The van der Waals surface area contributed by atoms with Crippen molar-refractivity contribution in [1.29, 1.82) is 0 Å². The third-order valence-corrected chi connectivity index (χ3v) is 5.95. The Morgan fingerprint density at radius 2 is 2.35 bits per heavy atom. The standard InChI is InChI=1S/C18H20N2O2S/c1-11-5-8-23-17(11)13-9-14(13)18(21)20-15-4-7-22-16(15)12-3-2-6-19-10-12/h2-3,5-6,8,10,13-16H,4,7,9H2,1H3,(H,20,21)/t13-,14+,15-,16+/m0/s1. The summed E-state index contributed by atoms with van der Waals surface area (Å²) in [5, 5.41) is 5.33. The van der Waals surface area contributed by atoms with Crippen LogP contribution < -0.4 is 5.32 Å². The highest BCUT2D eigenvalue weighted by Crippen LogP contribution is 2.50. The highest BCUT2D eigenvalue weighted by Gasteiger charge is 2.46. The second kappa shape index (κ2) is 6.06. The minimum atomic E-state index is -0.0756. The summed E-state index contributed by atoms with van der Waals surface area (Å²) in [6.07, 6.45) is 5.33. The molecule has 0 spiro atoms. The van der Waals surface area contributed by atoms with Crippen LogP contribution in [0.2, 0.25) is 0 Å². The molecule has 0 unspecified atom stereocenters. The molecule has 2 aromatic rings. The van der Waals surface area contributed by atoms with Gasteiger partial charge in [-0.15, -0.1) is 11.3 Å². The molecule has 120 valence electrons. The first-order chi connectivity index (χ1) is 11.2. The van der Waals surface area contributed by atoms with E-state index in [1.165, 1.54) is 10.4 Å². The molecular weight excluding hydrogens is 308 g/mol. The normalized spacial score (nSPS) is 29.4. The maximum atomic E-state index is 12.6. The van der Waals surface area contributed by atoms with Crippen molar-refractivity contribution in [2.45, 2.75) is 37.8 Å². The van der Waals surface area contributed by atoms with E-state index in [0.717, 1.165) is 18.4 Å². The van der Waals surface area contributed by atoms with Gasteiger partial charge in [0.2, 0.25) is 5.91 Å². The molecule has 23 heavy (non-hydrogen) atoms. The van der Waals surface area contributed by atoms with E-state index < -0.39 is 0 Å². The maximum Gasteiger partial charge on any atom is 0.224 e. The number of pyridine rings is 1. The summed E-state index contributed by atoms with van der Waals surface area (Å²) in [4.78, 5) is 18.1. The van der Waals surface area contributed by atoms with Crippen LogP contribution in [0.25, 0.3) is 0 Å². The largest absolute Gasteiger partial charge is 0.371 e. The number of carbonyl (C=O) groups is 1. The Labute approximate surface area is 139 Å². The Bertz CT molecular complexity index is 700. The first-order valence-electron chi connectivity index (χ1n) is 8.10. The highest BCUT2D eigenvalue weighted by atomic mass is 32.1. The van der Waals surface area contributed by atoms with Crippen LogP contribution in [-0.4, -0.2) is 23.5 Å². The number of thiophene rings is 1. The molecular formula is C18H20N2O2S. The average Bonchev–Trinajstić information content (AvgIpc) is 3.03. The summed E-state index contributed by atoms with van der Waals surface area (Å²) in [5.74, 6) is 0.712. The van der Waals surface area contributed by atoms with Crippen molar-refractivity contribution in [1.82, 2.24) is 10.3 Å². The van der Waals surface area contributed by atoms with Crippen LogP contribution in [0, 0.1) is 12.8 Å². The molecule has 2 fully saturated rings. The predicted molar refractivity (Wildman–Crippen MR) is 89.4 cm³/mol. The smallest absolute Gasteiger partial charge is 0.224 e. The zero-order chi connectivity index (χ0) is 15.8. The Balaban J connectivity index is 1.40. The van der Waals surface area contributed by atoms with Crippen LogP contribution in [0.3, 0.4) is 0 Å². The number of nitrogens with one attached hydrogen (secondary N) is 1. The third-order valence-electron chi connectivity index (χ3n) is 4.80. The fourth-order valence-electron chi connectivity index (χ4n) is 3.44. The van der Waals surface area contributed by atoms with Crippen molar-refractivity contribution < 1.29 is 9.53 Å². The molecule has 4 rings (SSSR count). The molecule has 0 aromatic carbocycles. The third kappa shape index (κ3) is 2.91. The molecule has 2 aromatic heterocycles. The van der Waals surface area contributed by atoms with Crippen molar-refractivity contribution in [2.75, 3.05) is 6.61 Å². The van der Waals surface area contributed by atoms with Crippen LogP contribution in [0.5, 0.6) is 0 Å². The van der Waals surface area contributed by atoms with E-state index in [-0.39, 0.29) is 24.0 Å². The lowest BCUT2D eigenvalue weighted by atomic mass is 10.0. The van der Waals surface area contributed by atoms with Crippen molar-refractivity contribution in [3.05, 3.63) is 52.0 Å². The zero-order valence-electron chi connectivity index (χ0n) is 13.1. The van der Waals surface area contributed by atoms with Crippen LogP contribution in [-0.2, 0) is 9.53 Å². The lowest BCUT2D eigenvalue weighted by Gasteiger charge is -2.20. The van der Waals surface area contributed by atoms with Gasteiger partial charge in [-0.1, -0.05) is 6.07 Å². The van der Waals surface area contributed by atoms with E-state index in [0.29, 0.717) is 12.5 Å². The number of aromatic nitrogens is 1. The number of ether oxygens (including phenoxy) is 1. The van der Waals surface area contributed by atoms with E-state index in [4.69, 9.17) is 4.74 Å². The topological polar surface area (TPSA) is 51.2 Å². The number of hydrogen-bond donors (Lipinski definition) is 1. The number of amides is 1. The highest BCUT2D eigenvalue weighted by molar-refractivity contribution is 7.10. The monoisotopic (exact) mass is 328 g/mol. The Morgan fingerprint density at radius 1 is 1.43 bits per heavy atom. The van der Waals surface area contributed by atoms with E-state index in [9.17, 15) is 4.79 Å². The van der Waals surface area contributed by atoms with Crippen LogP contribution >= 0.6 is 11.3 Å². The van der Waals surface area contributed by atoms with E-state index in [1.54, 1.807) is 17.5 Å². The van der Waals surface area contributed by atoms with Crippen molar-refractivity contribution in [3.8, 4) is 0 Å². The maximum absolute atomic E-state index is 12.6. The van der Waals surface area contributed by atoms with Crippen LogP contribution in [0.4, 0.5) is 0 Å².